The first-order chi connectivity index (χ1) is 19.0. The van der Waals surface area contributed by atoms with Crippen LogP contribution in [0.5, 0.6) is 0 Å². The number of primary amides is 1. The van der Waals surface area contributed by atoms with Gasteiger partial charge in [-0.15, -0.1) is 0 Å². The quantitative estimate of drug-likeness (QED) is 0.225. The number of carbonyl (C=O) groups is 5. The van der Waals surface area contributed by atoms with Crippen LogP contribution in [0.2, 0.25) is 0 Å². The molecule has 0 saturated heterocycles. The van der Waals surface area contributed by atoms with E-state index >= 15 is 0 Å². The Kier molecular flexibility index (Phi) is 12.6. The molecule has 0 saturated carbocycles. The van der Waals surface area contributed by atoms with Gasteiger partial charge in [-0.3, -0.25) is 24.0 Å². The van der Waals surface area contributed by atoms with Gasteiger partial charge in [-0.2, -0.15) is 9.15 Å². The summed E-state index contributed by atoms with van der Waals surface area (Å²) in [4.78, 5) is 61.8. The molecule has 0 radical (unpaired) electrons. The maximum atomic E-state index is 12.9. The van der Waals surface area contributed by atoms with Crippen LogP contribution < -0.4 is 27.0 Å². The molecule has 11 nitrogen and oxygen atoms in total. The lowest BCUT2D eigenvalue weighted by Crippen LogP contribution is -2.51. The Hall–Kier alpha value is -4.44. The summed E-state index contributed by atoms with van der Waals surface area (Å²) in [6, 6.07) is 12.7. The smallest absolute Gasteiger partial charge is 0.251 e. The fraction of sp³-hybridized carbons (Fsp3) is 0.333. The van der Waals surface area contributed by atoms with Crippen molar-refractivity contribution >= 4 is 41.7 Å². The van der Waals surface area contributed by atoms with Crippen molar-refractivity contribution in [2.75, 3.05) is 13.1 Å². The van der Waals surface area contributed by atoms with Gasteiger partial charge in [0, 0.05) is 24.9 Å². The maximum Gasteiger partial charge on any atom is 0.251 e. The zero-order valence-electron chi connectivity index (χ0n) is 22.0. The molecule has 0 aromatic heterocycles. The third kappa shape index (κ3) is 10.0. The molecule has 2 rings (SSSR count). The van der Waals surface area contributed by atoms with Gasteiger partial charge in [0.05, 0.1) is 29.2 Å². The molecule has 2 aromatic carbocycles. The number of rotatable bonds is 14. The number of nitriles is 1. The molecule has 0 aliphatic carbocycles. The Morgan fingerprint density at radius 1 is 1.00 bits per heavy atom. The largest absolute Gasteiger partial charge is 0.368 e. The van der Waals surface area contributed by atoms with Crippen LogP contribution in [0.4, 0.5) is 3.89 Å². The summed E-state index contributed by atoms with van der Waals surface area (Å²) >= 11 is -0.108. The van der Waals surface area contributed by atoms with Gasteiger partial charge in [0.25, 0.3) is 5.91 Å². The first-order valence-electron chi connectivity index (χ1n) is 12.4. The molecule has 0 fully saturated rings. The number of halogens is 1. The fourth-order valence-electron chi connectivity index (χ4n) is 3.62. The minimum absolute atomic E-state index is 0.00871. The first-order valence-corrected chi connectivity index (χ1v) is 13.1. The van der Waals surface area contributed by atoms with Gasteiger partial charge in [0.2, 0.25) is 23.6 Å². The Balaban J connectivity index is 1.96. The normalized spacial score (nSPS) is 12.0. The molecule has 2 aromatic rings. The molecular formula is C27H31FN6O5S. The number of amides is 5. The van der Waals surface area contributed by atoms with Gasteiger partial charge in [-0.25, -0.2) is 0 Å². The standard InChI is InChI=1S/C27H31FN6O5S/c1-16(2)24(34-25(37)18-8-9-21(40-28)19(13-18)14-29)27(39)31-11-10-23(36)33-20(26(38)32-15-22(30)35)12-17-6-4-3-5-7-17/h3-9,13,16,20,24H,10-12,15H2,1-2H3,(H2,30,35)(H,31,39)(H,32,38)(H,33,36)(H,34,37)/t20-,24?/m0/s1. The molecule has 0 aliphatic rings. The number of nitrogens with two attached hydrogens (primary N) is 1. The average molecular weight is 571 g/mol. The predicted molar refractivity (Wildman–Crippen MR) is 146 cm³/mol. The maximum absolute atomic E-state index is 12.9. The van der Waals surface area contributed by atoms with Crippen molar-refractivity contribution in [3.63, 3.8) is 0 Å². The van der Waals surface area contributed by atoms with Crippen LogP contribution in [0.1, 0.15) is 41.8 Å². The molecule has 5 amide bonds. The molecule has 2 atom stereocenters. The summed E-state index contributed by atoms with van der Waals surface area (Å²) in [7, 11) is 0. The van der Waals surface area contributed by atoms with Crippen LogP contribution in [0.3, 0.4) is 0 Å². The van der Waals surface area contributed by atoms with E-state index in [1.165, 1.54) is 18.2 Å². The second kappa shape index (κ2) is 15.8. The van der Waals surface area contributed by atoms with Gasteiger partial charge in [0.15, 0.2) is 0 Å². The van der Waals surface area contributed by atoms with Crippen molar-refractivity contribution in [1.29, 1.82) is 5.26 Å². The second-order valence-electron chi connectivity index (χ2n) is 9.13. The Bertz CT molecular complexity index is 1270. The highest BCUT2D eigenvalue weighted by Gasteiger charge is 2.26. The number of benzene rings is 2. The molecule has 212 valence electrons. The van der Waals surface area contributed by atoms with Crippen molar-refractivity contribution < 1.29 is 27.9 Å². The van der Waals surface area contributed by atoms with Crippen molar-refractivity contribution in [1.82, 2.24) is 21.3 Å². The van der Waals surface area contributed by atoms with Crippen molar-refractivity contribution in [3.05, 3.63) is 65.2 Å². The van der Waals surface area contributed by atoms with Gasteiger partial charge >= 0.3 is 0 Å². The molecule has 0 aliphatic heterocycles. The average Bonchev–Trinajstić information content (AvgIpc) is 2.93. The topological polar surface area (TPSA) is 183 Å². The molecule has 40 heavy (non-hydrogen) atoms. The zero-order valence-corrected chi connectivity index (χ0v) is 22.8. The van der Waals surface area contributed by atoms with Crippen LogP contribution in [0.25, 0.3) is 0 Å². The number of nitrogens with zero attached hydrogens (tertiary/aromatic N) is 1. The minimum Gasteiger partial charge on any atom is -0.368 e. The van der Waals surface area contributed by atoms with Crippen LogP contribution in [0, 0.1) is 17.2 Å². The van der Waals surface area contributed by atoms with Gasteiger partial charge in [0.1, 0.15) is 18.2 Å². The van der Waals surface area contributed by atoms with E-state index in [0.717, 1.165) is 5.56 Å². The van der Waals surface area contributed by atoms with E-state index < -0.39 is 41.6 Å². The van der Waals surface area contributed by atoms with Crippen LogP contribution in [0.15, 0.2) is 53.4 Å². The number of nitrogens with one attached hydrogen (secondary N) is 4. The van der Waals surface area contributed by atoms with E-state index in [4.69, 9.17) is 11.0 Å². The SMILES string of the molecule is CC(C)C(NC(=O)c1ccc(SF)c(C#N)c1)C(=O)NCCC(=O)N[C@@H](Cc1ccccc1)C(=O)NCC(N)=O. The van der Waals surface area contributed by atoms with E-state index in [1.54, 1.807) is 38.1 Å². The predicted octanol–water partition coefficient (Wildman–Crippen LogP) is 1.12. The molecular weight excluding hydrogens is 539 g/mol. The lowest BCUT2D eigenvalue weighted by Gasteiger charge is -2.22. The van der Waals surface area contributed by atoms with Crippen molar-refractivity contribution in [2.45, 2.75) is 43.7 Å². The van der Waals surface area contributed by atoms with Crippen LogP contribution in [-0.2, 0) is 25.6 Å². The fourth-order valence-corrected chi connectivity index (χ4v) is 3.92. The van der Waals surface area contributed by atoms with E-state index in [2.05, 4.69) is 21.3 Å². The molecule has 0 spiro atoms. The monoisotopic (exact) mass is 570 g/mol. The van der Waals surface area contributed by atoms with Gasteiger partial charge in [-0.05, 0) is 29.7 Å². The summed E-state index contributed by atoms with van der Waals surface area (Å²) in [6.07, 6.45) is 0.0102. The highest BCUT2D eigenvalue weighted by atomic mass is 32.2. The number of hydrogen-bond donors (Lipinski definition) is 5. The summed E-state index contributed by atoms with van der Waals surface area (Å²) in [5.74, 6) is -3.31. The molecule has 1 unspecified atom stereocenters. The van der Waals surface area contributed by atoms with E-state index in [-0.39, 0.29) is 60.0 Å². The highest BCUT2D eigenvalue weighted by Crippen LogP contribution is 2.24. The third-order valence-corrected chi connectivity index (χ3v) is 6.23. The van der Waals surface area contributed by atoms with Gasteiger partial charge < -0.3 is 27.0 Å². The molecule has 13 heteroatoms. The van der Waals surface area contributed by atoms with E-state index in [0.29, 0.717) is 0 Å². The van der Waals surface area contributed by atoms with Crippen LogP contribution in [-0.4, -0.2) is 54.7 Å². The highest BCUT2D eigenvalue weighted by molar-refractivity contribution is 7.94. The number of hydrogen-bond acceptors (Lipinski definition) is 7. The van der Waals surface area contributed by atoms with Crippen molar-refractivity contribution in [3.8, 4) is 6.07 Å². The first kappa shape index (κ1) is 31.8. The summed E-state index contributed by atoms with van der Waals surface area (Å²) in [6.45, 7) is 2.99. The lowest BCUT2D eigenvalue weighted by molar-refractivity contribution is -0.130. The minimum atomic E-state index is -0.979. The lowest BCUT2D eigenvalue weighted by atomic mass is 10.0. The van der Waals surface area contributed by atoms with Gasteiger partial charge in [-0.1, -0.05) is 44.2 Å². The van der Waals surface area contributed by atoms with Crippen molar-refractivity contribution in [2.24, 2.45) is 11.7 Å². The second-order valence-corrected chi connectivity index (χ2v) is 9.72. The molecule has 6 N–H and O–H groups in total. The Morgan fingerprint density at radius 3 is 2.30 bits per heavy atom. The Labute approximate surface area is 235 Å². The summed E-state index contributed by atoms with van der Waals surface area (Å²) in [5.41, 5.74) is 5.95. The zero-order chi connectivity index (χ0) is 29.7. The Morgan fingerprint density at radius 2 is 1.70 bits per heavy atom. The molecule has 0 bridgehead atoms. The summed E-state index contributed by atoms with van der Waals surface area (Å²) < 4.78 is 12.9. The van der Waals surface area contributed by atoms with E-state index in [9.17, 15) is 27.9 Å². The van der Waals surface area contributed by atoms with E-state index in [1.807, 2.05) is 12.1 Å². The summed E-state index contributed by atoms with van der Waals surface area (Å²) in [5, 5.41) is 19.4. The third-order valence-electron chi connectivity index (χ3n) is 5.70. The molecule has 0 heterocycles. The number of carbonyl (C=O) groups excluding carboxylic acids is 5. The van der Waals surface area contributed by atoms with Crippen LogP contribution >= 0.6 is 12.1 Å².